The molecule has 0 bridgehead atoms. The van der Waals surface area contributed by atoms with Crippen LogP contribution in [0.1, 0.15) is 46.5 Å². The van der Waals surface area contributed by atoms with E-state index in [0.29, 0.717) is 5.41 Å². The zero-order chi connectivity index (χ0) is 12.2. The minimum atomic E-state index is 0.547. The number of hydrogen-bond donors (Lipinski definition) is 1. The van der Waals surface area contributed by atoms with Crippen molar-refractivity contribution in [3.63, 3.8) is 0 Å². The van der Waals surface area contributed by atoms with Gasteiger partial charge in [-0.1, -0.05) is 20.8 Å². The van der Waals surface area contributed by atoms with Crippen molar-refractivity contribution in [2.75, 3.05) is 27.2 Å². The second kappa shape index (κ2) is 6.02. The SMILES string of the molecule is CCCN(C)CC1CC(C)(C)CCC1NC. The van der Waals surface area contributed by atoms with Crippen LogP contribution in [0.25, 0.3) is 0 Å². The van der Waals surface area contributed by atoms with Gasteiger partial charge in [0.1, 0.15) is 0 Å². The second-order valence-electron chi connectivity index (χ2n) is 6.32. The van der Waals surface area contributed by atoms with Crippen LogP contribution in [0.15, 0.2) is 0 Å². The van der Waals surface area contributed by atoms with E-state index in [2.05, 4.69) is 45.1 Å². The van der Waals surface area contributed by atoms with E-state index < -0.39 is 0 Å². The summed E-state index contributed by atoms with van der Waals surface area (Å²) in [6.07, 6.45) is 5.34. The molecule has 1 aliphatic carbocycles. The van der Waals surface area contributed by atoms with E-state index in [1.165, 1.54) is 38.8 Å². The maximum Gasteiger partial charge on any atom is 0.0105 e. The number of nitrogens with one attached hydrogen (secondary N) is 1. The Balaban J connectivity index is 2.51. The summed E-state index contributed by atoms with van der Waals surface area (Å²) in [5.41, 5.74) is 0.547. The third-order valence-corrected chi connectivity index (χ3v) is 4.04. The van der Waals surface area contributed by atoms with Crippen LogP contribution in [0, 0.1) is 11.3 Å². The lowest BCUT2D eigenvalue weighted by atomic mass is 9.70. The van der Waals surface area contributed by atoms with Crippen LogP contribution in [0.4, 0.5) is 0 Å². The molecule has 0 aromatic carbocycles. The lowest BCUT2D eigenvalue weighted by Crippen LogP contribution is -2.45. The molecule has 0 aromatic rings. The molecule has 0 aliphatic heterocycles. The first-order valence-electron chi connectivity index (χ1n) is 6.84. The topological polar surface area (TPSA) is 15.3 Å². The van der Waals surface area contributed by atoms with Gasteiger partial charge in [0.05, 0.1) is 0 Å². The van der Waals surface area contributed by atoms with E-state index in [0.717, 1.165) is 12.0 Å². The zero-order valence-electron chi connectivity index (χ0n) is 11.8. The van der Waals surface area contributed by atoms with Crippen molar-refractivity contribution in [3.8, 4) is 0 Å². The Morgan fingerprint density at radius 3 is 2.62 bits per heavy atom. The molecule has 2 unspecified atom stereocenters. The van der Waals surface area contributed by atoms with E-state index >= 15 is 0 Å². The molecule has 0 heterocycles. The van der Waals surface area contributed by atoms with Gasteiger partial charge in [-0.15, -0.1) is 0 Å². The van der Waals surface area contributed by atoms with Gasteiger partial charge in [0, 0.05) is 12.6 Å². The molecule has 0 spiro atoms. The molecule has 0 amide bonds. The first-order valence-corrected chi connectivity index (χ1v) is 6.84. The van der Waals surface area contributed by atoms with Crippen molar-refractivity contribution in [1.82, 2.24) is 10.2 Å². The van der Waals surface area contributed by atoms with Gasteiger partial charge in [-0.25, -0.2) is 0 Å². The fourth-order valence-electron chi connectivity index (χ4n) is 3.18. The highest BCUT2D eigenvalue weighted by atomic mass is 15.1. The van der Waals surface area contributed by atoms with Gasteiger partial charge in [0.15, 0.2) is 0 Å². The summed E-state index contributed by atoms with van der Waals surface area (Å²) in [7, 11) is 4.38. The van der Waals surface area contributed by atoms with E-state index in [4.69, 9.17) is 0 Å². The van der Waals surface area contributed by atoms with E-state index in [1.54, 1.807) is 0 Å². The maximum absolute atomic E-state index is 3.51. The lowest BCUT2D eigenvalue weighted by Gasteiger charge is -2.42. The first kappa shape index (κ1) is 14.0. The second-order valence-corrected chi connectivity index (χ2v) is 6.32. The average Bonchev–Trinajstić information content (AvgIpc) is 2.17. The Kier molecular flexibility index (Phi) is 5.26. The first-order chi connectivity index (χ1) is 7.48. The highest BCUT2D eigenvalue weighted by Crippen LogP contribution is 2.38. The number of hydrogen-bond acceptors (Lipinski definition) is 2. The predicted octanol–water partition coefficient (Wildman–Crippen LogP) is 2.74. The smallest absolute Gasteiger partial charge is 0.0105 e. The molecule has 1 N–H and O–H groups in total. The molecule has 1 rings (SSSR count). The fraction of sp³-hybridized carbons (Fsp3) is 1.00. The van der Waals surface area contributed by atoms with Gasteiger partial charge in [-0.05, 0) is 57.7 Å². The zero-order valence-corrected chi connectivity index (χ0v) is 11.8. The van der Waals surface area contributed by atoms with E-state index in [-0.39, 0.29) is 0 Å². The van der Waals surface area contributed by atoms with Crippen molar-refractivity contribution < 1.29 is 0 Å². The molecule has 1 saturated carbocycles. The lowest BCUT2D eigenvalue weighted by molar-refractivity contribution is 0.112. The normalized spacial score (nSPS) is 29.6. The minimum absolute atomic E-state index is 0.547. The van der Waals surface area contributed by atoms with Crippen LogP contribution in [-0.4, -0.2) is 38.1 Å². The standard InChI is InChI=1S/C14H30N2/c1-6-9-16(5)11-12-10-14(2,3)8-7-13(12)15-4/h12-13,15H,6-11H2,1-5H3. The van der Waals surface area contributed by atoms with Crippen molar-refractivity contribution in [2.24, 2.45) is 11.3 Å². The van der Waals surface area contributed by atoms with Crippen LogP contribution in [0.5, 0.6) is 0 Å². The molecule has 0 saturated heterocycles. The molecular weight excluding hydrogens is 196 g/mol. The summed E-state index contributed by atoms with van der Waals surface area (Å²) in [5.74, 6) is 0.824. The summed E-state index contributed by atoms with van der Waals surface area (Å²) in [5, 5.41) is 3.51. The van der Waals surface area contributed by atoms with Gasteiger partial charge in [-0.2, -0.15) is 0 Å². The van der Waals surface area contributed by atoms with Gasteiger partial charge in [-0.3, -0.25) is 0 Å². The molecule has 1 fully saturated rings. The minimum Gasteiger partial charge on any atom is -0.317 e. The molecule has 0 radical (unpaired) electrons. The van der Waals surface area contributed by atoms with Crippen molar-refractivity contribution in [3.05, 3.63) is 0 Å². The quantitative estimate of drug-likeness (QED) is 0.775. The third-order valence-electron chi connectivity index (χ3n) is 4.04. The summed E-state index contributed by atoms with van der Waals surface area (Å²) in [6, 6.07) is 0.729. The number of nitrogens with zero attached hydrogens (tertiary/aromatic N) is 1. The van der Waals surface area contributed by atoms with E-state index in [9.17, 15) is 0 Å². The van der Waals surface area contributed by atoms with Gasteiger partial charge < -0.3 is 10.2 Å². The third kappa shape index (κ3) is 4.06. The molecule has 1 aliphatic rings. The molecular formula is C14H30N2. The van der Waals surface area contributed by atoms with Crippen LogP contribution >= 0.6 is 0 Å². The largest absolute Gasteiger partial charge is 0.317 e. The molecule has 2 nitrogen and oxygen atoms in total. The Bertz CT molecular complexity index is 201. The monoisotopic (exact) mass is 226 g/mol. The predicted molar refractivity (Wildman–Crippen MR) is 71.8 cm³/mol. The van der Waals surface area contributed by atoms with Gasteiger partial charge >= 0.3 is 0 Å². The highest BCUT2D eigenvalue weighted by molar-refractivity contribution is 4.89. The van der Waals surface area contributed by atoms with Gasteiger partial charge in [0.2, 0.25) is 0 Å². The molecule has 2 heteroatoms. The number of rotatable bonds is 5. The van der Waals surface area contributed by atoms with Crippen LogP contribution in [0.3, 0.4) is 0 Å². The van der Waals surface area contributed by atoms with Crippen LogP contribution in [0.2, 0.25) is 0 Å². The van der Waals surface area contributed by atoms with Crippen molar-refractivity contribution >= 4 is 0 Å². The molecule has 16 heavy (non-hydrogen) atoms. The maximum atomic E-state index is 3.51. The Morgan fingerprint density at radius 1 is 1.38 bits per heavy atom. The molecule has 96 valence electrons. The molecule has 2 atom stereocenters. The summed E-state index contributed by atoms with van der Waals surface area (Å²) < 4.78 is 0. The van der Waals surface area contributed by atoms with E-state index in [1.807, 2.05) is 0 Å². The Morgan fingerprint density at radius 2 is 2.06 bits per heavy atom. The fourth-order valence-corrected chi connectivity index (χ4v) is 3.18. The Hall–Kier alpha value is -0.0800. The Labute approximate surface area is 102 Å². The highest BCUT2D eigenvalue weighted by Gasteiger charge is 2.34. The van der Waals surface area contributed by atoms with Crippen molar-refractivity contribution in [1.29, 1.82) is 0 Å². The van der Waals surface area contributed by atoms with Crippen LogP contribution < -0.4 is 5.32 Å². The summed E-state index contributed by atoms with van der Waals surface area (Å²) >= 11 is 0. The van der Waals surface area contributed by atoms with Crippen molar-refractivity contribution in [2.45, 2.75) is 52.5 Å². The average molecular weight is 226 g/mol. The van der Waals surface area contributed by atoms with Gasteiger partial charge in [0.25, 0.3) is 0 Å². The molecule has 0 aromatic heterocycles. The summed E-state index contributed by atoms with van der Waals surface area (Å²) in [6.45, 7) is 9.59. The summed E-state index contributed by atoms with van der Waals surface area (Å²) in [4.78, 5) is 2.50. The van der Waals surface area contributed by atoms with Crippen LogP contribution in [-0.2, 0) is 0 Å².